The molecule has 7 nitrogen and oxygen atoms in total. The fraction of sp³-hybridized carbons (Fsp3) is 0.156. The Morgan fingerprint density at radius 2 is 1.43 bits per heavy atom. The minimum Gasteiger partial charge on any atom is -0.493 e. The number of carbonyl (C=O) groups is 3. The third-order valence-electron chi connectivity index (χ3n) is 6.14. The van der Waals surface area contributed by atoms with Gasteiger partial charge in [-0.25, -0.2) is 4.79 Å². The van der Waals surface area contributed by atoms with Gasteiger partial charge in [-0.2, -0.15) is 0 Å². The second-order valence-electron chi connectivity index (χ2n) is 9.15. The Labute approximate surface area is 237 Å². The molecule has 0 unspecified atom stereocenters. The highest BCUT2D eigenvalue weighted by atomic mass is 32.2. The Balaban J connectivity index is 1.25. The standard InChI is InChI=1S/C32H30N2O5S/c1-22(35)33-25-11-7-23(8-12-25)19-20-39-26-13-17-28(18-14-26)40-27-15-9-24(10-16-27)21-31(36)34(2)30-6-4-3-5-29(30)32(37)38/h3-18H,19-21H2,1-2H3,(H,33,35)(H,37,38). The number of anilines is 2. The molecule has 0 heterocycles. The number of likely N-dealkylation sites (N-methyl/N-ethyl adjacent to an activating group) is 1. The molecule has 0 aromatic heterocycles. The lowest BCUT2D eigenvalue weighted by molar-refractivity contribution is -0.117. The highest BCUT2D eigenvalue weighted by Gasteiger charge is 2.18. The van der Waals surface area contributed by atoms with Crippen LogP contribution in [0, 0.1) is 0 Å². The highest BCUT2D eigenvalue weighted by Crippen LogP contribution is 2.29. The molecule has 0 aliphatic carbocycles. The summed E-state index contributed by atoms with van der Waals surface area (Å²) in [6.07, 6.45) is 0.925. The predicted molar refractivity (Wildman–Crippen MR) is 157 cm³/mol. The minimum atomic E-state index is -1.07. The van der Waals surface area contributed by atoms with E-state index in [2.05, 4.69) is 5.32 Å². The second-order valence-corrected chi connectivity index (χ2v) is 10.3. The van der Waals surface area contributed by atoms with E-state index >= 15 is 0 Å². The molecule has 0 atom stereocenters. The van der Waals surface area contributed by atoms with Crippen LogP contribution in [0.4, 0.5) is 11.4 Å². The van der Waals surface area contributed by atoms with Crippen molar-refractivity contribution in [3.63, 3.8) is 0 Å². The summed E-state index contributed by atoms with van der Waals surface area (Å²) in [7, 11) is 1.59. The Bertz CT molecular complexity index is 1470. The Hall–Kier alpha value is -4.56. The van der Waals surface area contributed by atoms with Crippen LogP contribution < -0.4 is 15.0 Å². The highest BCUT2D eigenvalue weighted by molar-refractivity contribution is 7.99. The molecule has 0 bridgehead atoms. The van der Waals surface area contributed by atoms with Crippen LogP contribution in [0.3, 0.4) is 0 Å². The maximum absolute atomic E-state index is 12.8. The Kier molecular flexibility index (Phi) is 9.59. The van der Waals surface area contributed by atoms with Gasteiger partial charge < -0.3 is 20.1 Å². The zero-order chi connectivity index (χ0) is 28.5. The first-order valence-corrected chi connectivity index (χ1v) is 13.6. The van der Waals surface area contributed by atoms with E-state index in [1.165, 1.54) is 17.9 Å². The van der Waals surface area contributed by atoms with Gasteiger partial charge in [0.1, 0.15) is 5.75 Å². The van der Waals surface area contributed by atoms with Gasteiger partial charge in [0.2, 0.25) is 11.8 Å². The number of nitrogens with one attached hydrogen (secondary N) is 1. The zero-order valence-electron chi connectivity index (χ0n) is 22.3. The van der Waals surface area contributed by atoms with Gasteiger partial charge in [-0.3, -0.25) is 9.59 Å². The number of aromatic carboxylic acids is 1. The maximum Gasteiger partial charge on any atom is 0.337 e. The number of nitrogens with zero attached hydrogens (tertiary/aromatic N) is 1. The Morgan fingerprint density at radius 1 is 0.825 bits per heavy atom. The fourth-order valence-corrected chi connectivity index (χ4v) is 4.85. The van der Waals surface area contributed by atoms with Gasteiger partial charge in [0.05, 0.1) is 24.3 Å². The minimum absolute atomic E-state index is 0.0901. The molecule has 4 aromatic carbocycles. The summed E-state index contributed by atoms with van der Waals surface area (Å²) < 4.78 is 5.89. The van der Waals surface area contributed by atoms with E-state index in [9.17, 15) is 19.5 Å². The van der Waals surface area contributed by atoms with Crippen molar-refractivity contribution >= 4 is 40.9 Å². The van der Waals surface area contributed by atoms with Gasteiger partial charge in [0.25, 0.3) is 0 Å². The van der Waals surface area contributed by atoms with Crippen molar-refractivity contribution in [2.24, 2.45) is 0 Å². The summed E-state index contributed by atoms with van der Waals surface area (Å²) in [6.45, 7) is 2.03. The van der Waals surface area contributed by atoms with E-state index in [-0.39, 0.29) is 23.8 Å². The topological polar surface area (TPSA) is 95.9 Å². The molecule has 2 N–H and O–H groups in total. The summed E-state index contributed by atoms with van der Waals surface area (Å²) in [5.41, 5.74) is 3.22. The molecule has 0 radical (unpaired) electrons. The molecule has 0 fully saturated rings. The van der Waals surface area contributed by atoms with E-state index < -0.39 is 5.97 Å². The largest absolute Gasteiger partial charge is 0.493 e. The average molecular weight is 555 g/mol. The van der Waals surface area contributed by atoms with Crippen LogP contribution in [0.25, 0.3) is 0 Å². The third-order valence-corrected chi connectivity index (χ3v) is 7.16. The second kappa shape index (κ2) is 13.5. The SMILES string of the molecule is CC(=O)Nc1ccc(CCOc2ccc(Sc3ccc(CC(=O)N(C)c4ccccc4C(=O)O)cc3)cc2)cc1. The number of hydrogen-bond acceptors (Lipinski definition) is 5. The number of hydrogen-bond donors (Lipinski definition) is 2. The average Bonchev–Trinajstić information content (AvgIpc) is 2.95. The number of rotatable bonds is 11. The predicted octanol–water partition coefficient (Wildman–Crippen LogP) is 6.32. The van der Waals surface area contributed by atoms with Crippen molar-refractivity contribution in [2.75, 3.05) is 23.9 Å². The smallest absolute Gasteiger partial charge is 0.337 e. The van der Waals surface area contributed by atoms with E-state index in [0.717, 1.165) is 38.8 Å². The van der Waals surface area contributed by atoms with E-state index in [1.807, 2.05) is 72.8 Å². The molecule has 204 valence electrons. The molecule has 0 aliphatic heterocycles. The molecule has 8 heteroatoms. The summed E-state index contributed by atoms with van der Waals surface area (Å²) in [5.74, 6) is -0.552. The molecule has 4 aromatic rings. The van der Waals surface area contributed by atoms with Gasteiger partial charge in [-0.15, -0.1) is 0 Å². The van der Waals surface area contributed by atoms with Crippen LogP contribution in [-0.4, -0.2) is 36.5 Å². The van der Waals surface area contributed by atoms with Crippen LogP contribution in [0.15, 0.2) is 107 Å². The number of amides is 2. The first-order valence-electron chi connectivity index (χ1n) is 12.7. The van der Waals surface area contributed by atoms with E-state index in [1.54, 1.807) is 37.0 Å². The van der Waals surface area contributed by atoms with Gasteiger partial charge in [-0.1, -0.05) is 48.2 Å². The first-order chi connectivity index (χ1) is 19.3. The van der Waals surface area contributed by atoms with Crippen molar-refractivity contribution in [3.05, 3.63) is 114 Å². The lowest BCUT2D eigenvalue weighted by atomic mass is 10.1. The lowest BCUT2D eigenvalue weighted by Gasteiger charge is -2.19. The fourth-order valence-electron chi connectivity index (χ4n) is 4.03. The van der Waals surface area contributed by atoms with Gasteiger partial charge in [0, 0.05) is 35.9 Å². The summed E-state index contributed by atoms with van der Waals surface area (Å²) >= 11 is 1.61. The number of carboxylic acid groups (broad SMARTS) is 1. The molecule has 0 saturated carbocycles. The lowest BCUT2D eigenvalue weighted by Crippen LogP contribution is -2.29. The van der Waals surface area contributed by atoms with Crippen molar-refractivity contribution in [3.8, 4) is 5.75 Å². The number of ether oxygens (including phenoxy) is 1. The molecular weight excluding hydrogens is 524 g/mol. The number of carboxylic acids is 1. The molecule has 40 heavy (non-hydrogen) atoms. The van der Waals surface area contributed by atoms with Crippen LogP contribution >= 0.6 is 11.8 Å². The van der Waals surface area contributed by atoms with Crippen molar-refractivity contribution in [2.45, 2.75) is 29.6 Å². The maximum atomic E-state index is 12.8. The number of benzene rings is 4. The first kappa shape index (κ1) is 28.4. The zero-order valence-corrected chi connectivity index (χ0v) is 23.1. The van der Waals surface area contributed by atoms with Crippen molar-refractivity contribution < 1.29 is 24.2 Å². The molecule has 0 aliphatic rings. The van der Waals surface area contributed by atoms with E-state index in [4.69, 9.17) is 4.74 Å². The normalized spacial score (nSPS) is 10.6. The van der Waals surface area contributed by atoms with Crippen molar-refractivity contribution in [1.82, 2.24) is 0 Å². The summed E-state index contributed by atoms with van der Waals surface area (Å²) in [4.78, 5) is 38.9. The quantitative estimate of drug-likeness (QED) is 0.225. The molecule has 4 rings (SSSR count). The van der Waals surface area contributed by atoms with Crippen LogP contribution in [-0.2, 0) is 22.4 Å². The molecule has 0 saturated heterocycles. The van der Waals surface area contributed by atoms with Crippen LogP contribution in [0.1, 0.15) is 28.4 Å². The van der Waals surface area contributed by atoms with Gasteiger partial charge in [-0.05, 0) is 71.8 Å². The number of carbonyl (C=O) groups excluding carboxylic acids is 2. The number of para-hydroxylation sites is 1. The van der Waals surface area contributed by atoms with E-state index in [0.29, 0.717) is 12.3 Å². The summed E-state index contributed by atoms with van der Waals surface area (Å²) in [6, 6.07) is 29.9. The summed E-state index contributed by atoms with van der Waals surface area (Å²) in [5, 5.41) is 12.2. The molecular formula is C32H30N2O5S. The third kappa shape index (κ3) is 7.97. The monoisotopic (exact) mass is 554 g/mol. The Morgan fingerprint density at radius 3 is 2.05 bits per heavy atom. The molecule has 2 amide bonds. The van der Waals surface area contributed by atoms with Crippen molar-refractivity contribution in [1.29, 1.82) is 0 Å². The van der Waals surface area contributed by atoms with Crippen LogP contribution in [0.2, 0.25) is 0 Å². The van der Waals surface area contributed by atoms with Gasteiger partial charge in [0.15, 0.2) is 0 Å². The molecule has 0 spiro atoms. The van der Waals surface area contributed by atoms with Crippen LogP contribution in [0.5, 0.6) is 5.75 Å². The van der Waals surface area contributed by atoms with Gasteiger partial charge >= 0.3 is 5.97 Å².